The first-order valence-electron chi connectivity index (χ1n) is 5.96. The molecule has 0 aliphatic heterocycles. The number of benzene rings is 1. The van der Waals surface area contributed by atoms with E-state index in [0.717, 1.165) is 6.07 Å². The van der Waals surface area contributed by atoms with Gasteiger partial charge in [-0.15, -0.1) is 0 Å². The summed E-state index contributed by atoms with van der Waals surface area (Å²) in [5.41, 5.74) is 0.104. The Morgan fingerprint density at radius 1 is 1.43 bits per heavy atom. The Balaban J connectivity index is 2.89. The van der Waals surface area contributed by atoms with Crippen LogP contribution >= 0.6 is 38.2 Å². The molecule has 21 heavy (non-hydrogen) atoms. The van der Waals surface area contributed by atoms with Crippen LogP contribution in [0.25, 0.3) is 0 Å². The highest BCUT2D eigenvalue weighted by atomic mass is 79.9. The summed E-state index contributed by atoms with van der Waals surface area (Å²) in [6, 6.07) is 2.52. The van der Waals surface area contributed by atoms with E-state index in [1.165, 1.54) is 6.07 Å². The Kier molecular flexibility index (Phi) is 6.93. The Morgan fingerprint density at radius 3 is 2.57 bits per heavy atom. The molecule has 1 N–H and O–H groups in total. The molecule has 0 fully saturated rings. The smallest absolute Gasteiger partial charge is 0.262 e. The van der Waals surface area contributed by atoms with Crippen molar-refractivity contribution in [1.82, 2.24) is 5.32 Å². The van der Waals surface area contributed by atoms with Crippen LogP contribution in [0.15, 0.2) is 21.5 Å². The van der Waals surface area contributed by atoms with Gasteiger partial charge in [0.15, 0.2) is 0 Å². The van der Waals surface area contributed by atoms with Gasteiger partial charge in [-0.25, -0.2) is 8.42 Å². The lowest BCUT2D eigenvalue weighted by Crippen LogP contribution is -2.28. The van der Waals surface area contributed by atoms with Gasteiger partial charge in [-0.2, -0.15) is 0 Å². The Labute approximate surface area is 141 Å². The minimum absolute atomic E-state index is 0.0667. The highest BCUT2D eigenvalue weighted by Gasteiger charge is 2.20. The summed E-state index contributed by atoms with van der Waals surface area (Å²) in [4.78, 5) is 11.7. The number of carbonyl (C=O) groups excluding carboxylic acids is 1. The Bertz CT molecular complexity index is 634. The van der Waals surface area contributed by atoms with Crippen molar-refractivity contribution in [3.8, 4) is 0 Å². The van der Waals surface area contributed by atoms with Crippen molar-refractivity contribution in [2.75, 3.05) is 13.2 Å². The number of ether oxygens (including phenoxy) is 1. The third-order valence-electron chi connectivity index (χ3n) is 2.36. The molecule has 0 saturated carbocycles. The molecule has 0 aliphatic rings. The number of hydrogen-bond donors (Lipinski definition) is 1. The van der Waals surface area contributed by atoms with Crippen molar-refractivity contribution in [1.29, 1.82) is 0 Å². The van der Waals surface area contributed by atoms with Crippen molar-refractivity contribution in [3.63, 3.8) is 0 Å². The van der Waals surface area contributed by atoms with E-state index in [2.05, 4.69) is 21.2 Å². The predicted octanol–water partition coefficient (Wildman–Crippen LogP) is 3.18. The van der Waals surface area contributed by atoms with Crippen LogP contribution in [0.5, 0.6) is 0 Å². The SMILES string of the molecule is CC(C)OCCNC(=O)c1cc(Cl)c(Br)c(S(=O)(=O)Cl)c1. The number of amides is 1. The highest BCUT2D eigenvalue weighted by Crippen LogP contribution is 2.33. The second-order valence-corrected chi connectivity index (χ2v) is 8.12. The first kappa shape index (κ1) is 18.7. The van der Waals surface area contributed by atoms with Crippen molar-refractivity contribution in [2.45, 2.75) is 24.8 Å². The molecule has 118 valence electrons. The summed E-state index contributed by atoms with van der Waals surface area (Å²) in [7, 11) is 1.29. The van der Waals surface area contributed by atoms with Gasteiger partial charge in [0.2, 0.25) is 0 Å². The van der Waals surface area contributed by atoms with Crippen molar-refractivity contribution >= 4 is 53.2 Å². The maximum atomic E-state index is 12.0. The van der Waals surface area contributed by atoms with Crippen molar-refractivity contribution in [2.24, 2.45) is 0 Å². The molecule has 0 aromatic heterocycles. The monoisotopic (exact) mass is 417 g/mol. The molecule has 1 aromatic rings. The van der Waals surface area contributed by atoms with Gasteiger partial charge in [0.25, 0.3) is 15.0 Å². The lowest BCUT2D eigenvalue weighted by Gasteiger charge is -2.10. The first-order chi connectivity index (χ1) is 9.62. The van der Waals surface area contributed by atoms with E-state index in [0.29, 0.717) is 13.2 Å². The van der Waals surface area contributed by atoms with Crippen LogP contribution in [-0.2, 0) is 13.8 Å². The molecule has 1 amide bonds. The zero-order valence-electron chi connectivity index (χ0n) is 11.3. The largest absolute Gasteiger partial charge is 0.377 e. The van der Waals surface area contributed by atoms with Gasteiger partial charge < -0.3 is 10.1 Å². The molecule has 1 aromatic carbocycles. The zero-order valence-corrected chi connectivity index (χ0v) is 15.2. The maximum Gasteiger partial charge on any atom is 0.262 e. The van der Waals surface area contributed by atoms with Gasteiger partial charge in [0, 0.05) is 22.8 Å². The van der Waals surface area contributed by atoms with Gasteiger partial charge in [-0.05, 0) is 41.9 Å². The first-order valence-corrected chi connectivity index (χ1v) is 9.44. The van der Waals surface area contributed by atoms with Gasteiger partial charge >= 0.3 is 0 Å². The van der Waals surface area contributed by atoms with E-state index in [4.69, 9.17) is 27.0 Å². The highest BCUT2D eigenvalue weighted by molar-refractivity contribution is 9.10. The maximum absolute atomic E-state index is 12.0. The molecule has 0 spiro atoms. The topological polar surface area (TPSA) is 72.5 Å². The molecule has 0 heterocycles. The van der Waals surface area contributed by atoms with Gasteiger partial charge in [0.1, 0.15) is 0 Å². The Hall–Kier alpha value is -0.340. The third-order valence-corrected chi connectivity index (χ3v) is 5.35. The predicted molar refractivity (Wildman–Crippen MR) is 85.6 cm³/mol. The van der Waals surface area contributed by atoms with Crippen LogP contribution in [0.3, 0.4) is 0 Å². The van der Waals surface area contributed by atoms with Crippen molar-refractivity contribution in [3.05, 3.63) is 27.2 Å². The molecule has 0 radical (unpaired) electrons. The average Bonchev–Trinajstić information content (AvgIpc) is 2.35. The summed E-state index contributed by atoms with van der Waals surface area (Å²) >= 11 is 8.93. The molecular formula is C12H14BrCl2NO4S. The number of halogens is 3. The quantitative estimate of drug-likeness (QED) is 0.568. The van der Waals surface area contributed by atoms with E-state index in [1.807, 2.05) is 13.8 Å². The lowest BCUT2D eigenvalue weighted by molar-refractivity contribution is 0.0746. The minimum atomic E-state index is -4.01. The average molecular weight is 419 g/mol. The fourth-order valence-corrected chi connectivity index (χ4v) is 3.81. The second kappa shape index (κ2) is 7.78. The molecule has 5 nitrogen and oxygen atoms in total. The van der Waals surface area contributed by atoms with E-state index < -0.39 is 15.0 Å². The van der Waals surface area contributed by atoms with Crippen molar-refractivity contribution < 1.29 is 17.9 Å². The van der Waals surface area contributed by atoms with Crippen LogP contribution < -0.4 is 5.32 Å². The minimum Gasteiger partial charge on any atom is -0.377 e. The molecule has 9 heteroatoms. The molecular weight excluding hydrogens is 405 g/mol. The fraction of sp³-hybridized carbons (Fsp3) is 0.417. The molecule has 0 bridgehead atoms. The normalized spacial score (nSPS) is 11.7. The third kappa shape index (κ3) is 5.75. The summed E-state index contributed by atoms with van der Waals surface area (Å²) in [6.45, 7) is 4.42. The standard InChI is InChI=1S/C12H14BrCl2NO4S/c1-7(2)20-4-3-16-12(17)8-5-9(14)11(13)10(6-8)21(15,18)19/h5-7H,3-4H2,1-2H3,(H,16,17). The Morgan fingerprint density at radius 2 is 2.05 bits per heavy atom. The van der Waals surface area contributed by atoms with Crippen LogP contribution in [0.4, 0.5) is 0 Å². The molecule has 0 atom stereocenters. The zero-order chi connectivity index (χ0) is 16.2. The number of rotatable bonds is 6. The van der Waals surface area contributed by atoms with E-state index in [-0.39, 0.29) is 26.1 Å². The summed E-state index contributed by atoms with van der Waals surface area (Å²) in [5.74, 6) is -0.460. The lowest BCUT2D eigenvalue weighted by atomic mass is 10.2. The van der Waals surface area contributed by atoms with Gasteiger partial charge in [-0.3, -0.25) is 4.79 Å². The fourth-order valence-electron chi connectivity index (χ4n) is 1.43. The molecule has 0 unspecified atom stereocenters. The van der Waals surface area contributed by atoms with Crippen LogP contribution in [0.2, 0.25) is 5.02 Å². The summed E-state index contributed by atoms with van der Waals surface area (Å²) < 4.78 is 28.3. The summed E-state index contributed by atoms with van der Waals surface area (Å²) in [5, 5.41) is 2.69. The number of nitrogens with one attached hydrogen (secondary N) is 1. The molecule has 0 aliphatic carbocycles. The van der Waals surface area contributed by atoms with Crippen LogP contribution in [-0.4, -0.2) is 33.6 Å². The van der Waals surface area contributed by atoms with Crippen LogP contribution in [0.1, 0.15) is 24.2 Å². The number of hydrogen-bond acceptors (Lipinski definition) is 4. The van der Waals surface area contributed by atoms with E-state index >= 15 is 0 Å². The molecule has 1 rings (SSSR count). The summed E-state index contributed by atoms with van der Waals surface area (Å²) in [6.07, 6.45) is 0.0667. The number of carbonyl (C=O) groups is 1. The second-order valence-electron chi connectivity index (χ2n) is 4.38. The van der Waals surface area contributed by atoms with Gasteiger partial charge in [-0.1, -0.05) is 11.6 Å². The van der Waals surface area contributed by atoms with Crippen LogP contribution in [0, 0.1) is 0 Å². The molecule has 0 saturated heterocycles. The van der Waals surface area contributed by atoms with Gasteiger partial charge in [0.05, 0.1) is 27.1 Å². The van der Waals surface area contributed by atoms with E-state index in [1.54, 1.807) is 0 Å². The van der Waals surface area contributed by atoms with E-state index in [9.17, 15) is 13.2 Å².